The molecule has 0 amide bonds. The average Bonchev–Trinajstić information content (AvgIpc) is 2.78. The van der Waals surface area contributed by atoms with Gasteiger partial charge in [-0.15, -0.1) is 0 Å². The summed E-state index contributed by atoms with van der Waals surface area (Å²) in [4.78, 5) is 0. The Morgan fingerprint density at radius 3 is 2.95 bits per heavy atom. The molecule has 112 valence electrons. The van der Waals surface area contributed by atoms with E-state index in [1.54, 1.807) is 7.11 Å². The third-order valence-electron chi connectivity index (χ3n) is 3.43. The molecule has 20 heavy (non-hydrogen) atoms. The van der Waals surface area contributed by atoms with Gasteiger partial charge in [-0.2, -0.15) is 0 Å². The highest BCUT2D eigenvalue weighted by Crippen LogP contribution is 2.35. The maximum Gasteiger partial charge on any atom is 0.123 e. The van der Waals surface area contributed by atoms with Gasteiger partial charge in [0.05, 0.1) is 13.2 Å². The topological polar surface area (TPSA) is 39.7 Å². The van der Waals surface area contributed by atoms with Crippen LogP contribution in [-0.2, 0) is 17.6 Å². The fourth-order valence-electron chi connectivity index (χ4n) is 2.49. The largest absolute Gasteiger partial charge is 0.494 e. The van der Waals surface area contributed by atoms with Gasteiger partial charge in [0, 0.05) is 25.6 Å². The summed E-state index contributed by atoms with van der Waals surface area (Å²) in [5.41, 5.74) is 2.47. The Bertz CT molecular complexity index is 434. The quantitative estimate of drug-likeness (QED) is 0.741. The predicted octanol–water partition coefficient (Wildman–Crippen LogP) is 2.19. The molecule has 1 unspecified atom stereocenters. The molecule has 0 saturated carbocycles. The van der Waals surface area contributed by atoms with Crippen LogP contribution in [0.25, 0.3) is 0 Å². The van der Waals surface area contributed by atoms with Gasteiger partial charge in [0.1, 0.15) is 17.6 Å². The minimum absolute atomic E-state index is 0.273. The third-order valence-corrected chi connectivity index (χ3v) is 3.43. The molecule has 0 bridgehead atoms. The summed E-state index contributed by atoms with van der Waals surface area (Å²) in [6.07, 6.45) is 2.18. The van der Waals surface area contributed by atoms with E-state index in [2.05, 4.69) is 24.4 Å². The first kappa shape index (κ1) is 15.1. The number of fused-ring (bicyclic) bond motifs is 1. The van der Waals surface area contributed by atoms with Crippen LogP contribution in [0.1, 0.15) is 25.0 Å². The molecule has 0 saturated heterocycles. The van der Waals surface area contributed by atoms with E-state index in [0.29, 0.717) is 6.61 Å². The van der Waals surface area contributed by atoms with Crippen molar-refractivity contribution in [2.45, 2.75) is 32.8 Å². The van der Waals surface area contributed by atoms with Crippen molar-refractivity contribution in [1.82, 2.24) is 5.32 Å². The molecule has 1 atom stereocenters. The van der Waals surface area contributed by atoms with Crippen LogP contribution in [0.3, 0.4) is 0 Å². The lowest BCUT2D eigenvalue weighted by atomic mass is 10.0. The molecule has 1 aromatic carbocycles. The monoisotopic (exact) mass is 279 g/mol. The molecule has 4 nitrogen and oxygen atoms in total. The second-order valence-corrected chi connectivity index (χ2v) is 5.13. The minimum atomic E-state index is 0.273. The molecular weight excluding hydrogens is 254 g/mol. The van der Waals surface area contributed by atoms with Crippen LogP contribution in [0.5, 0.6) is 11.5 Å². The Morgan fingerprint density at radius 1 is 1.35 bits per heavy atom. The molecule has 1 aromatic rings. The first-order chi connectivity index (χ1) is 9.74. The smallest absolute Gasteiger partial charge is 0.123 e. The molecule has 1 aliphatic heterocycles. The van der Waals surface area contributed by atoms with Gasteiger partial charge < -0.3 is 19.5 Å². The Balaban J connectivity index is 2.00. The summed E-state index contributed by atoms with van der Waals surface area (Å²) in [6.45, 7) is 7.35. The van der Waals surface area contributed by atoms with Gasteiger partial charge in [0.15, 0.2) is 0 Å². The Kier molecular flexibility index (Phi) is 5.68. The lowest BCUT2D eigenvalue weighted by Gasteiger charge is -2.13. The maximum absolute atomic E-state index is 5.83. The highest BCUT2D eigenvalue weighted by atomic mass is 16.5. The summed E-state index contributed by atoms with van der Waals surface area (Å²) in [7, 11) is 1.72. The van der Waals surface area contributed by atoms with Crippen molar-refractivity contribution in [3.05, 3.63) is 23.3 Å². The SMILES string of the molecule is CCOc1cc2c(cc1CCNCCOC)OC(C)C2. The number of rotatable bonds is 8. The maximum atomic E-state index is 5.83. The third kappa shape index (κ3) is 3.87. The highest BCUT2D eigenvalue weighted by molar-refractivity contribution is 5.48. The predicted molar refractivity (Wildman–Crippen MR) is 79.9 cm³/mol. The van der Waals surface area contributed by atoms with E-state index in [0.717, 1.165) is 44.0 Å². The van der Waals surface area contributed by atoms with E-state index >= 15 is 0 Å². The second-order valence-electron chi connectivity index (χ2n) is 5.13. The van der Waals surface area contributed by atoms with Crippen LogP contribution < -0.4 is 14.8 Å². The lowest BCUT2D eigenvalue weighted by molar-refractivity contribution is 0.199. The Morgan fingerprint density at radius 2 is 2.20 bits per heavy atom. The van der Waals surface area contributed by atoms with Crippen LogP contribution in [0.15, 0.2) is 12.1 Å². The van der Waals surface area contributed by atoms with Crippen LogP contribution in [0, 0.1) is 0 Å². The summed E-state index contributed by atoms with van der Waals surface area (Å²) >= 11 is 0. The molecule has 1 heterocycles. The van der Waals surface area contributed by atoms with Crippen LogP contribution in [0.2, 0.25) is 0 Å². The number of ether oxygens (including phenoxy) is 3. The van der Waals surface area contributed by atoms with Gasteiger partial charge >= 0.3 is 0 Å². The number of benzene rings is 1. The van der Waals surface area contributed by atoms with Crippen molar-refractivity contribution in [2.75, 3.05) is 33.4 Å². The zero-order valence-electron chi connectivity index (χ0n) is 12.7. The van der Waals surface area contributed by atoms with Crippen molar-refractivity contribution in [3.8, 4) is 11.5 Å². The second kappa shape index (κ2) is 7.50. The van der Waals surface area contributed by atoms with Crippen molar-refractivity contribution >= 4 is 0 Å². The van der Waals surface area contributed by atoms with E-state index < -0.39 is 0 Å². The van der Waals surface area contributed by atoms with Gasteiger partial charge in [-0.1, -0.05) is 0 Å². The van der Waals surface area contributed by atoms with Gasteiger partial charge in [0.25, 0.3) is 0 Å². The molecule has 1 N–H and O–H groups in total. The normalized spacial score (nSPS) is 16.9. The Labute approximate surface area is 121 Å². The number of hydrogen-bond acceptors (Lipinski definition) is 4. The van der Waals surface area contributed by atoms with Crippen LogP contribution in [-0.4, -0.2) is 39.5 Å². The number of methoxy groups -OCH3 is 1. The summed E-state index contributed by atoms with van der Waals surface area (Å²) in [5.74, 6) is 2.02. The molecule has 0 radical (unpaired) electrons. The minimum Gasteiger partial charge on any atom is -0.494 e. The van der Waals surface area contributed by atoms with Gasteiger partial charge in [-0.25, -0.2) is 0 Å². The van der Waals surface area contributed by atoms with Gasteiger partial charge in [-0.3, -0.25) is 0 Å². The van der Waals surface area contributed by atoms with E-state index in [-0.39, 0.29) is 6.10 Å². The molecule has 1 aliphatic rings. The van der Waals surface area contributed by atoms with Crippen molar-refractivity contribution in [1.29, 1.82) is 0 Å². The highest BCUT2D eigenvalue weighted by Gasteiger charge is 2.21. The molecule has 4 heteroatoms. The van der Waals surface area contributed by atoms with Crippen molar-refractivity contribution in [3.63, 3.8) is 0 Å². The first-order valence-electron chi connectivity index (χ1n) is 7.39. The molecular formula is C16H25NO3. The Hall–Kier alpha value is -1.26. The fourth-order valence-corrected chi connectivity index (χ4v) is 2.49. The number of nitrogens with one attached hydrogen (secondary N) is 1. The lowest BCUT2D eigenvalue weighted by Crippen LogP contribution is -2.21. The van der Waals surface area contributed by atoms with E-state index in [1.807, 2.05) is 6.92 Å². The zero-order valence-corrected chi connectivity index (χ0v) is 12.7. The standard InChI is InChI=1S/C16H25NO3/c1-4-19-15-11-14-9-12(2)20-16(14)10-13(15)5-6-17-7-8-18-3/h10-12,17H,4-9H2,1-3H3. The van der Waals surface area contributed by atoms with E-state index in [1.165, 1.54) is 11.1 Å². The van der Waals surface area contributed by atoms with Crippen molar-refractivity contribution < 1.29 is 14.2 Å². The summed E-state index contributed by atoms with van der Waals surface area (Å²) < 4.78 is 16.6. The van der Waals surface area contributed by atoms with E-state index in [9.17, 15) is 0 Å². The summed E-state index contributed by atoms with van der Waals surface area (Å²) in [6, 6.07) is 4.29. The molecule has 2 rings (SSSR count). The van der Waals surface area contributed by atoms with Gasteiger partial charge in [-0.05, 0) is 44.5 Å². The summed E-state index contributed by atoms with van der Waals surface area (Å²) in [5, 5.41) is 3.36. The molecule has 0 aliphatic carbocycles. The number of hydrogen-bond donors (Lipinski definition) is 1. The van der Waals surface area contributed by atoms with Crippen LogP contribution in [0.4, 0.5) is 0 Å². The van der Waals surface area contributed by atoms with Gasteiger partial charge in [0.2, 0.25) is 0 Å². The first-order valence-corrected chi connectivity index (χ1v) is 7.39. The zero-order chi connectivity index (χ0) is 14.4. The molecule has 0 spiro atoms. The van der Waals surface area contributed by atoms with Crippen molar-refractivity contribution in [2.24, 2.45) is 0 Å². The molecule has 0 fully saturated rings. The van der Waals surface area contributed by atoms with Crippen LogP contribution >= 0.6 is 0 Å². The van der Waals surface area contributed by atoms with E-state index in [4.69, 9.17) is 14.2 Å². The fraction of sp³-hybridized carbons (Fsp3) is 0.625. The average molecular weight is 279 g/mol. The molecule has 0 aromatic heterocycles.